The van der Waals surface area contributed by atoms with E-state index >= 15 is 0 Å². The van der Waals surface area contributed by atoms with E-state index in [4.69, 9.17) is 4.74 Å². The van der Waals surface area contributed by atoms with Crippen LogP contribution in [0.3, 0.4) is 0 Å². The number of aromatic nitrogens is 2. The predicted octanol–water partition coefficient (Wildman–Crippen LogP) is 2.85. The van der Waals surface area contributed by atoms with Crippen molar-refractivity contribution in [3.05, 3.63) is 28.0 Å². The second kappa shape index (κ2) is 4.49. The van der Waals surface area contributed by atoms with Gasteiger partial charge in [-0.25, -0.2) is 0 Å². The Kier molecular flexibility index (Phi) is 3.25. The van der Waals surface area contributed by atoms with Gasteiger partial charge in [0, 0.05) is 16.1 Å². The molecule has 0 aliphatic heterocycles. The first kappa shape index (κ1) is 10.9. The van der Waals surface area contributed by atoms with Crippen LogP contribution in [0.4, 0.5) is 0 Å². The SMILES string of the molecule is COCC(C)n1ncc2ccc(I)cc21. The fourth-order valence-electron chi connectivity index (χ4n) is 1.67. The van der Waals surface area contributed by atoms with Gasteiger partial charge in [-0.15, -0.1) is 0 Å². The maximum Gasteiger partial charge on any atom is 0.0731 e. The zero-order chi connectivity index (χ0) is 10.8. The number of hydrogen-bond donors (Lipinski definition) is 0. The fraction of sp³-hybridized carbons (Fsp3) is 0.364. The molecule has 0 aliphatic rings. The van der Waals surface area contributed by atoms with Gasteiger partial charge < -0.3 is 4.74 Å². The van der Waals surface area contributed by atoms with Crippen molar-refractivity contribution in [1.82, 2.24) is 9.78 Å². The Hall–Kier alpha value is -0.620. The van der Waals surface area contributed by atoms with E-state index in [2.05, 4.69) is 52.8 Å². The average molecular weight is 316 g/mol. The molecular weight excluding hydrogens is 303 g/mol. The second-order valence-corrected chi connectivity index (χ2v) is 4.84. The van der Waals surface area contributed by atoms with Gasteiger partial charge in [-0.2, -0.15) is 5.10 Å². The number of halogens is 1. The van der Waals surface area contributed by atoms with Gasteiger partial charge in [-0.3, -0.25) is 4.68 Å². The van der Waals surface area contributed by atoms with Crippen LogP contribution < -0.4 is 0 Å². The van der Waals surface area contributed by atoms with Gasteiger partial charge in [0.1, 0.15) is 0 Å². The molecule has 0 amide bonds. The Balaban J connectivity index is 2.47. The van der Waals surface area contributed by atoms with Crippen LogP contribution in [0.5, 0.6) is 0 Å². The molecule has 2 aromatic rings. The van der Waals surface area contributed by atoms with Gasteiger partial charge >= 0.3 is 0 Å². The van der Waals surface area contributed by atoms with Gasteiger partial charge in [-0.1, -0.05) is 6.07 Å². The van der Waals surface area contributed by atoms with Crippen LogP contribution in [0.2, 0.25) is 0 Å². The Labute approximate surface area is 103 Å². The number of ether oxygens (including phenoxy) is 1. The molecule has 1 heterocycles. The molecule has 1 atom stereocenters. The van der Waals surface area contributed by atoms with Crippen molar-refractivity contribution in [2.75, 3.05) is 13.7 Å². The summed E-state index contributed by atoms with van der Waals surface area (Å²) >= 11 is 2.31. The zero-order valence-corrected chi connectivity index (χ0v) is 10.9. The predicted molar refractivity (Wildman–Crippen MR) is 69.0 cm³/mol. The zero-order valence-electron chi connectivity index (χ0n) is 8.77. The highest BCUT2D eigenvalue weighted by Crippen LogP contribution is 2.20. The largest absolute Gasteiger partial charge is 0.382 e. The Morgan fingerprint density at radius 2 is 2.33 bits per heavy atom. The summed E-state index contributed by atoms with van der Waals surface area (Å²) in [4.78, 5) is 0. The number of methoxy groups -OCH3 is 1. The summed E-state index contributed by atoms with van der Waals surface area (Å²) in [6, 6.07) is 6.61. The molecule has 0 fully saturated rings. The third kappa shape index (κ3) is 2.15. The van der Waals surface area contributed by atoms with Gasteiger partial charge in [0.15, 0.2) is 0 Å². The highest BCUT2D eigenvalue weighted by Gasteiger charge is 2.09. The van der Waals surface area contributed by atoms with Crippen molar-refractivity contribution in [3.8, 4) is 0 Å². The van der Waals surface area contributed by atoms with Crippen LogP contribution >= 0.6 is 22.6 Å². The summed E-state index contributed by atoms with van der Waals surface area (Å²) in [6.07, 6.45) is 1.90. The first-order valence-electron chi connectivity index (χ1n) is 4.84. The van der Waals surface area contributed by atoms with Crippen LogP contribution in [0.25, 0.3) is 10.9 Å². The van der Waals surface area contributed by atoms with Crippen molar-refractivity contribution in [1.29, 1.82) is 0 Å². The van der Waals surface area contributed by atoms with Gasteiger partial charge in [0.2, 0.25) is 0 Å². The molecular formula is C11H13IN2O. The van der Waals surface area contributed by atoms with Crippen molar-refractivity contribution in [2.45, 2.75) is 13.0 Å². The molecule has 0 saturated heterocycles. The summed E-state index contributed by atoms with van der Waals surface area (Å²) in [6.45, 7) is 2.79. The average Bonchev–Trinajstić information content (AvgIpc) is 2.60. The van der Waals surface area contributed by atoms with Crippen molar-refractivity contribution in [3.63, 3.8) is 0 Å². The Bertz CT molecular complexity index is 467. The summed E-state index contributed by atoms with van der Waals surface area (Å²) in [7, 11) is 1.71. The Morgan fingerprint density at radius 3 is 3.07 bits per heavy atom. The van der Waals surface area contributed by atoms with Crippen molar-refractivity contribution < 1.29 is 4.74 Å². The second-order valence-electron chi connectivity index (χ2n) is 3.60. The number of benzene rings is 1. The van der Waals surface area contributed by atoms with Crippen LogP contribution in [0.1, 0.15) is 13.0 Å². The van der Waals surface area contributed by atoms with Crippen molar-refractivity contribution >= 4 is 33.5 Å². The molecule has 1 unspecified atom stereocenters. The van der Waals surface area contributed by atoms with E-state index in [9.17, 15) is 0 Å². The smallest absolute Gasteiger partial charge is 0.0731 e. The first-order chi connectivity index (χ1) is 7.22. The molecule has 0 radical (unpaired) electrons. The lowest BCUT2D eigenvalue weighted by Gasteiger charge is -2.12. The minimum Gasteiger partial charge on any atom is -0.382 e. The molecule has 0 spiro atoms. The lowest BCUT2D eigenvalue weighted by molar-refractivity contribution is 0.159. The normalized spacial score (nSPS) is 13.3. The lowest BCUT2D eigenvalue weighted by atomic mass is 10.2. The first-order valence-corrected chi connectivity index (χ1v) is 5.92. The summed E-state index contributed by atoms with van der Waals surface area (Å²) in [5.74, 6) is 0. The van der Waals surface area contributed by atoms with E-state index in [1.54, 1.807) is 7.11 Å². The molecule has 1 aromatic carbocycles. The molecule has 0 N–H and O–H groups in total. The molecule has 0 aliphatic carbocycles. The number of fused-ring (bicyclic) bond motifs is 1. The molecule has 15 heavy (non-hydrogen) atoms. The molecule has 1 aromatic heterocycles. The summed E-state index contributed by atoms with van der Waals surface area (Å²) in [5.41, 5.74) is 1.17. The fourth-order valence-corrected chi connectivity index (χ4v) is 2.15. The van der Waals surface area contributed by atoms with Crippen LogP contribution in [-0.2, 0) is 4.74 Å². The van der Waals surface area contributed by atoms with E-state index in [0.717, 1.165) is 0 Å². The Morgan fingerprint density at radius 1 is 1.53 bits per heavy atom. The van der Waals surface area contributed by atoms with Gasteiger partial charge in [-0.05, 0) is 41.6 Å². The maximum absolute atomic E-state index is 5.14. The van der Waals surface area contributed by atoms with Crippen LogP contribution in [0, 0.1) is 3.57 Å². The van der Waals surface area contributed by atoms with E-state index in [1.165, 1.54) is 14.5 Å². The lowest BCUT2D eigenvalue weighted by Crippen LogP contribution is -2.12. The number of nitrogens with zero attached hydrogens (tertiary/aromatic N) is 2. The molecule has 3 nitrogen and oxygen atoms in total. The summed E-state index contributed by atoms with van der Waals surface area (Å²) in [5, 5.41) is 5.57. The summed E-state index contributed by atoms with van der Waals surface area (Å²) < 4.78 is 8.39. The molecule has 80 valence electrons. The molecule has 0 bridgehead atoms. The van der Waals surface area contributed by atoms with Crippen molar-refractivity contribution in [2.24, 2.45) is 0 Å². The number of hydrogen-bond acceptors (Lipinski definition) is 2. The quantitative estimate of drug-likeness (QED) is 0.814. The minimum absolute atomic E-state index is 0.269. The maximum atomic E-state index is 5.14. The molecule has 2 rings (SSSR count). The monoisotopic (exact) mass is 316 g/mol. The van der Waals surface area contributed by atoms with E-state index in [0.29, 0.717) is 6.61 Å². The molecule has 0 saturated carbocycles. The third-order valence-electron chi connectivity index (χ3n) is 2.39. The van der Waals surface area contributed by atoms with E-state index < -0.39 is 0 Å². The molecule has 4 heteroatoms. The highest BCUT2D eigenvalue weighted by molar-refractivity contribution is 14.1. The van der Waals surface area contributed by atoms with E-state index in [-0.39, 0.29) is 6.04 Å². The van der Waals surface area contributed by atoms with Crippen LogP contribution in [-0.4, -0.2) is 23.5 Å². The minimum atomic E-state index is 0.269. The van der Waals surface area contributed by atoms with Gasteiger partial charge in [0.05, 0.1) is 24.4 Å². The number of rotatable bonds is 3. The van der Waals surface area contributed by atoms with Crippen LogP contribution in [0.15, 0.2) is 24.4 Å². The topological polar surface area (TPSA) is 27.1 Å². The van der Waals surface area contributed by atoms with Gasteiger partial charge in [0.25, 0.3) is 0 Å². The standard InChI is InChI=1S/C11H13IN2O/c1-8(7-15-2)14-11-5-10(12)4-3-9(11)6-13-14/h3-6,8H,7H2,1-2H3. The van der Waals surface area contributed by atoms with E-state index in [1.807, 2.05) is 10.9 Å². The highest BCUT2D eigenvalue weighted by atomic mass is 127. The third-order valence-corrected chi connectivity index (χ3v) is 3.06.